The van der Waals surface area contributed by atoms with Gasteiger partial charge in [-0.2, -0.15) is 0 Å². The van der Waals surface area contributed by atoms with E-state index in [4.69, 9.17) is 0 Å². The summed E-state index contributed by atoms with van der Waals surface area (Å²) in [6.45, 7) is 1.45. The maximum Gasteiger partial charge on any atom is 0.312 e. The number of anilines is 1. The van der Waals surface area contributed by atoms with Crippen LogP contribution in [0.2, 0.25) is 0 Å². The third kappa shape index (κ3) is 2.67. The van der Waals surface area contributed by atoms with Crippen LogP contribution in [0.5, 0.6) is 0 Å². The Morgan fingerprint density at radius 3 is 2.60 bits per heavy atom. The zero-order chi connectivity index (χ0) is 14.9. The van der Waals surface area contributed by atoms with E-state index in [2.05, 4.69) is 0 Å². The fraction of sp³-hybridized carbons (Fsp3) is 0.385. The summed E-state index contributed by atoms with van der Waals surface area (Å²) < 4.78 is 23.1. The molecule has 0 aliphatic carbocycles. The molecule has 0 saturated heterocycles. The van der Waals surface area contributed by atoms with Crippen molar-refractivity contribution >= 4 is 27.4 Å². The van der Waals surface area contributed by atoms with Crippen molar-refractivity contribution in [1.82, 2.24) is 0 Å². The molecule has 1 unspecified atom stereocenters. The Balaban J connectivity index is 2.31. The summed E-state index contributed by atoms with van der Waals surface area (Å²) in [6, 6.07) is 6.67. The number of sulfone groups is 1. The van der Waals surface area contributed by atoms with Crippen LogP contribution in [-0.2, 0) is 19.4 Å². The average Bonchev–Trinajstić information content (AvgIpc) is 2.78. The van der Waals surface area contributed by atoms with Gasteiger partial charge < -0.3 is 10.0 Å². The molecule has 6 nitrogen and oxygen atoms in total. The summed E-state index contributed by atoms with van der Waals surface area (Å²) in [7, 11) is -3.44. The zero-order valence-corrected chi connectivity index (χ0v) is 11.8. The molecule has 1 heterocycles. The molecule has 108 valence electrons. The molecule has 1 aliphatic rings. The predicted octanol–water partition coefficient (Wildman–Crippen LogP) is 0.636. The molecule has 1 aliphatic heterocycles. The Hall–Kier alpha value is -1.89. The molecular formula is C13H15NO5S. The second-order valence-electron chi connectivity index (χ2n) is 4.63. The smallest absolute Gasteiger partial charge is 0.312 e. The highest BCUT2D eigenvalue weighted by Gasteiger charge is 2.37. The molecule has 1 atom stereocenters. The first kappa shape index (κ1) is 14.5. The third-order valence-corrected chi connectivity index (χ3v) is 4.92. The molecule has 0 saturated carbocycles. The number of carboxylic acid groups (broad SMARTS) is 1. The van der Waals surface area contributed by atoms with Gasteiger partial charge in [-0.05, 0) is 11.6 Å². The van der Waals surface area contributed by atoms with Gasteiger partial charge in [0.1, 0.15) is 11.7 Å². The predicted molar refractivity (Wildman–Crippen MR) is 73.5 cm³/mol. The third-order valence-electron chi connectivity index (χ3n) is 3.35. The lowest BCUT2D eigenvalue weighted by molar-refractivity contribution is -0.138. The van der Waals surface area contributed by atoms with Crippen molar-refractivity contribution < 1.29 is 23.1 Å². The Morgan fingerprint density at radius 2 is 2.00 bits per heavy atom. The number of carbonyl (C=O) groups excluding carboxylic acids is 1. The quantitative estimate of drug-likeness (QED) is 0.880. The molecule has 2 rings (SSSR count). The van der Waals surface area contributed by atoms with E-state index in [-0.39, 0.29) is 12.3 Å². The first-order valence-corrected chi connectivity index (χ1v) is 8.00. The highest BCUT2D eigenvalue weighted by Crippen LogP contribution is 2.36. The van der Waals surface area contributed by atoms with Crippen LogP contribution >= 0.6 is 0 Å². The van der Waals surface area contributed by atoms with Gasteiger partial charge in [0.2, 0.25) is 5.91 Å². The van der Waals surface area contributed by atoms with Crippen molar-refractivity contribution in [3.63, 3.8) is 0 Å². The second-order valence-corrected chi connectivity index (χ2v) is 6.98. The number of carbonyl (C=O) groups is 2. The molecule has 0 spiro atoms. The van der Waals surface area contributed by atoms with Gasteiger partial charge in [-0.25, -0.2) is 8.42 Å². The summed E-state index contributed by atoms with van der Waals surface area (Å²) in [5.41, 5.74) is 1.03. The minimum atomic E-state index is -3.44. The maximum absolute atomic E-state index is 12.1. The number of hydrogen-bond acceptors (Lipinski definition) is 4. The van der Waals surface area contributed by atoms with Crippen LogP contribution in [-0.4, -0.2) is 43.5 Å². The number of benzene rings is 1. The largest absolute Gasteiger partial charge is 0.481 e. The highest BCUT2D eigenvalue weighted by atomic mass is 32.2. The Kier molecular flexibility index (Phi) is 3.80. The summed E-state index contributed by atoms with van der Waals surface area (Å²) in [5, 5.41) is 9.18. The Bertz CT molecular complexity index is 652. The number of carboxylic acids is 1. The van der Waals surface area contributed by atoms with E-state index in [0.717, 1.165) is 0 Å². The minimum absolute atomic E-state index is 0.0211. The van der Waals surface area contributed by atoms with Gasteiger partial charge in [-0.1, -0.05) is 25.1 Å². The summed E-state index contributed by atoms with van der Waals surface area (Å²) in [6.07, 6.45) is 0. The van der Waals surface area contributed by atoms with E-state index in [9.17, 15) is 23.1 Å². The topological polar surface area (TPSA) is 91.8 Å². The molecule has 0 radical (unpaired) electrons. The summed E-state index contributed by atoms with van der Waals surface area (Å²) in [5.74, 6) is -3.12. The fourth-order valence-electron chi connectivity index (χ4n) is 2.22. The molecule has 1 amide bonds. The van der Waals surface area contributed by atoms with Crippen LogP contribution in [0.1, 0.15) is 18.4 Å². The number of para-hydroxylation sites is 1. The van der Waals surface area contributed by atoms with Gasteiger partial charge >= 0.3 is 5.97 Å². The van der Waals surface area contributed by atoms with Crippen LogP contribution in [0.25, 0.3) is 0 Å². The van der Waals surface area contributed by atoms with Crippen LogP contribution in [0, 0.1) is 0 Å². The molecule has 1 N–H and O–H groups in total. The number of aliphatic carboxylic acids is 1. The molecule has 7 heteroatoms. The van der Waals surface area contributed by atoms with Crippen molar-refractivity contribution in [2.45, 2.75) is 12.8 Å². The van der Waals surface area contributed by atoms with E-state index in [1.54, 1.807) is 24.3 Å². The van der Waals surface area contributed by atoms with Crippen molar-refractivity contribution in [2.75, 3.05) is 23.0 Å². The van der Waals surface area contributed by atoms with Gasteiger partial charge in [0.05, 0.1) is 0 Å². The normalized spacial score (nSPS) is 17.9. The molecule has 0 bridgehead atoms. The lowest BCUT2D eigenvalue weighted by Crippen LogP contribution is -2.36. The lowest BCUT2D eigenvalue weighted by atomic mass is 10.0. The molecule has 0 aromatic heterocycles. The first-order chi connectivity index (χ1) is 9.35. The van der Waals surface area contributed by atoms with Gasteiger partial charge in [0, 0.05) is 18.0 Å². The first-order valence-electron chi connectivity index (χ1n) is 6.18. The van der Waals surface area contributed by atoms with Gasteiger partial charge in [0.25, 0.3) is 0 Å². The standard InChI is InChI=1S/C13H15NO5S/c1-2-20(18,19)8-12(15)14-7-10(13(16)17)9-5-3-4-6-11(9)14/h3-6,10H,2,7-8H2,1H3,(H,16,17). The van der Waals surface area contributed by atoms with Gasteiger partial charge in [-0.3, -0.25) is 9.59 Å². The number of fused-ring (bicyclic) bond motifs is 1. The second kappa shape index (κ2) is 5.24. The van der Waals surface area contributed by atoms with E-state index in [0.29, 0.717) is 11.3 Å². The SMILES string of the molecule is CCS(=O)(=O)CC(=O)N1CC(C(=O)O)c2ccccc21. The van der Waals surface area contributed by atoms with Crippen LogP contribution in [0.3, 0.4) is 0 Å². The molecular weight excluding hydrogens is 282 g/mol. The summed E-state index contributed by atoms with van der Waals surface area (Å²) in [4.78, 5) is 24.6. The van der Waals surface area contributed by atoms with Crippen molar-refractivity contribution in [3.05, 3.63) is 29.8 Å². The fourth-order valence-corrected chi connectivity index (χ4v) is 2.96. The monoisotopic (exact) mass is 297 g/mol. The minimum Gasteiger partial charge on any atom is -0.481 e. The maximum atomic E-state index is 12.1. The van der Waals surface area contributed by atoms with Crippen LogP contribution in [0.15, 0.2) is 24.3 Å². The van der Waals surface area contributed by atoms with Gasteiger partial charge in [0.15, 0.2) is 9.84 Å². The van der Waals surface area contributed by atoms with E-state index in [1.807, 2.05) is 0 Å². The van der Waals surface area contributed by atoms with Crippen molar-refractivity contribution in [1.29, 1.82) is 0 Å². The number of hydrogen-bond donors (Lipinski definition) is 1. The number of amides is 1. The van der Waals surface area contributed by atoms with Crippen LogP contribution < -0.4 is 4.90 Å². The molecule has 1 aromatic rings. The van der Waals surface area contributed by atoms with Crippen molar-refractivity contribution in [2.24, 2.45) is 0 Å². The summed E-state index contributed by atoms with van der Waals surface area (Å²) >= 11 is 0. The molecule has 1 aromatic carbocycles. The van der Waals surface area contributed by atoms with Gasteiger partial charge in [-0.15, -0.1) is 0 Å². The van der Waals surface area contributed by atoms with Crippen LogP contribution in [0.4, 0.5) is 5.69 Å². The van der Waals surface area contributed by atoms with E-state index >= 15 is 0 Å². The lowest BCUT2D eigenvalue weighted by Gasteiger charge is -2.17. The molecule has 20 heavy (non-hydrogen) atoms. The van der Waals surface area contributed by atoms with E-state index in [1.165, 1.54) is 11.8 Å². The number of rotatable bonds is 4. The highest BCUT2D eigenvalue weighted by molar-refractivity contribution is 7.92. The Labute approximate surface area is 116 Å². The Morgan fingerprint density at radius 1 is 1.35 bits per heavy atom. The van der Waals surface area contributed by atoms with Crippen molar-refractivity contribution in [3.8, 4) is 0 Å². The van der Waals surface area contributed by atoms with E-state index < -0.39 is 33.4 Å². The average molecular weight is 297 g/mol. The number of nitrogens with zero attached hydrogens (tertiary/aromatic N) is 1. The zero-order valence-electron chi connectivity index (χ0n) is 10.9. The molecule has 0 fully saturated rings.